The molecule has 6 nitrogen and oxygen atoms in total. The van der Waals surface area contributed by atoms with Crippen LogP contribution in [0.15, 0.2) is 48.5 Å². The number of carbonyl (C=O) groups excluding carboxylic acids is 1. The van der Waals surface area contributed by atoms with E-state index in [4.69, 9.17) is 24.2 Å². The van der Waals surface area contributed by atoms with Gasteiger partial charge in [-0.1, -0.05) is 6.07 Å². The molecule has 0 N–H and O–H groups in total. The lowest BCUT2D eigenvalue weighted by Gasteiger charge is -2.17. The number of halogens is 2. The molecule has 0 saturated carbocycles. The quantitative estimate of drug-likeness (QED) is 0.422. The van der Waals surface area contributed by atoms with Crippen LogP contribution in [0.3, 0.4) is 0 Å². The molecule has 2 atom stereocenters. The highest BCUT2D eigenvalue weighted by atomic mass is 19.1. The molecular weight excluding hydrogens is 456 g/mol. The van der Waals surface area contributed by atoms with E-state index in [1.165, 1.54) is 31.4 Å². The molecule has 0 bridgehead atoms. The summed E-state index contributed by atoms with van der Waals surface area (Å²) < 4.78 is 51.5. The maximum atomic E-state index is 14.9. The van der Waals surface area contributed by atoms with Crippen molar-refractivity contribution < 1.29 is 32.5 Å². The first-order chi connectivity index (χ1) is 17.0. The van der Waals surface area contributed by atoms with Crippen LogP contribution in [0.1, 0.15) is 47.1 Å². The molecule has 0 fully saturated rings. The van der Waals surface area contributed by atoms with Crippen LogP contribution < -0.4 is 14.2 Å². The standard InChI is InChI=1S/C27H21F2NO5/c1-32-26(31)11-16-14-33-24-12-17(3-4-18(16)24)34-23-8-5-19-22(9-7-21(29)27(19)23)35-25-10-15(13-30)2-6-20(25)28/h2-4,6-7,9-10,12,16,23H,5,8,11,14H2,1H3/t16?,23-/m1/s1. The van der Waals surface area contributed by atoms with Gasteiger partial charge >= 0.3 is 5.97 Å². The van der Waals surface area contributed by atoms with Crippen molar-refractivity contribution in [1.82, 2.24) is 0 Å². The Bertz CT molecular complexity index is 1350. The van der Waals surface area contributed by atoms with Gasteiger partial charge in [-0.3, -0.25) is 4.79 Å². The van der Waals surface area contributed by atoms with Crippen LogP contribution in [0, 0.1) is 23.0 Å². The van der Waals surface area contributed by atoms with E-state index in [0.29, 0.717) is 47.8 Å². The maximum absolute atomic E-state index is 14.9. The monoisotopic (exact) mass is 477 g/mol. The van der Waals surface area contributed by atoms with Gasteiger partial charge in [0.25, 0.3) is 0 Å². The van der Waals surface area contributed by atoms with Crippen molar-refractivity contribution in [2.24, 2.45) is 0 Å². The predicted octanol–water partition coefficient (Wildman–Crippen LogP) is 5.73. The van der Waals surface area contributed by atoms with Crippen LogP contribution in [-0.2, 0) is 16.0 Å². The molecule has 0 amide bonds. The molecule has 1 heterocycles. The van der Waals surface area contributed by atoms with Crippen molar-refractivity contribution in [2.75, 3.05) is 13.7 Å². The summed E-state index contributed by atoms with van der Waals surface area (Å²) >= 11 is 0. The number of ether oxygens (including phenoxy) is 4. The molecule has 8 heteroatoms. The van der Waals surface area contributed by atoms with Crippen molar-refractivity contribution in [3.63, 3.8) is 0 Å². The van der Waals surface area contributed by atoms with Gasteiger partial charge in [-0.25, -0.2) is 8.78 Å². The molecule has 1 aliphatic carbocycles. The van der Waals surface area contributed by atoms with E-state index in [0.717, 1.165) is 11.6 Å². The second-order valence-corrected chi connectivity index (χ2v) is 8.43. The number of methoxy groups -OCH3 is 1. The molecule has 0 radical (unpaired) electrons. The second kappa shape index (κ2) is 9.26. The normalized spacial score (nSPS) is 17.7. The second-order valence-electron chi connectivity index (χ2n) is 8.43. The van der Waals surface area contributed by atoms with Gasteiger partial charge in [0, 0.05) is 34.7 Å². The summed E-state index contributed by atoms with van der Waals surface area (Å²) in [5, 5.41) is 9.08. The lowest BCUT2D eigenvalue weighted by molar-refractivity contribution is -0.141. The van der Waals surface area contributed by atoms with Crippen LogP contribution in [-0.4, -0.2) is 19.7 Å². The van der Waals surface area contributed by atoms with Crippen LogP contribution >= 0.6 is 0 Å². The van der Waals surface area contributed by atoms with Gasteiger partial charge in [-0.15, -0.1) is 0 Å². The average molecular weight is 477 g/mol. The van der Waals surface area contributed by atoms with E-state index < -0.39 is 17.7 Å². The Kier molecular flexibility index (Phi) is 6.00. The number of nitriles is 1. The summed E-state index contributed by atoms with van der Waals surface area (Å²) in [4.78, 5) is 11.6. The molecule has 0 spiro atoms. The van der Waals surface area contributed by atoms with E-state index in [2.05, 4.69) is 0 Å². The average Bonchev–Trinajstić information content (AvgIpc) is 3.47. The number of carbonyl (C=O) groups is 1. The van der Waals surface area contributed by atoms with Gasteiger partial charge in [-0.05, 0) is 43.2 Å². The Morgan fingerprint density at radius 3 is 2.74 bits per heavy atom. The third-order valence-electron chi connectivity index (χ3n) is 6.30. The number of hydrogen-bond donors (Lipinski definition) is 0. The zero-order chi connectivity index (χ0) is 24.5. The Labute approximate surface area is 200 Å². The third kappa shape index (κ3) is 4.37. The van der Waals surface area contributed by atoms with Crippen LogP contribution in [0.2, 0.25) is 0 Å². The smallest absolute Gasteiger partial charge is 0.306 e. The lowest BCUT2D eigenvalue weighted by Crippen LogP contribution is -2.09. The van der Waals surface area contributed by atoms with E-state index in [-0.39, 0.29) is 29.6 Å². The number of esters is 1. The van der Waals surface area contributed by atoms with Gasteiger partial charge in [0.05, 0.1) is 31.8 Å². The minimum absolute atomic E-state index is 0.0872. The maximum Gasteiger partial charge on any atom is 0.306 e. The van der Waals surface area contributed by atoms with E-state index in [1.807, 2.05) is 12.1 Å². The minimum Gasteiger partial charge on any atom is -0.492 e. The molecule has 3 aromatic rings. The lowest BCUT2D eigenvalue weighted by atomic mass is 9.98. The summed E-state index contributed by atoms with van der Waals surface area (Å²) in [6.07, 6.45) is 0.658. The summed E-state index contributed by atoms with van der Waals surface area (Å²) in [5.74, 6) is -0.0752. The topological polar surface area (TPSA) is 77.8 Å². The van der Waals surface area contributed by atoms with Gasteiger partial charge in [0.2, 0.25) is 0 Å². The Morgan fingerprint density at radius 2 is 1.94 bits per heavy atom. The number of rotatable bonds is 6. The number of benzene rings is 3. The van der Waals surface area contributed by atoms with Crippen molar-refractivity contribution in [3.05, 3.63) is 82.4 Å². The molecule has 35 heavy (non-hydrogen) atoms. The summed E-state index contributed by atoms with van der Waals surface area (Å²) in [6.45, 7) is 0.374. The van der Waals surface area contributed by atoms with Crippen molar-refractivity contribution in [1.29, 1.82) is 5.26 Å². The minimum atomic E-state index is -0.614. The summed E-state index contributed by atoms with van der Waals surface area (Å²) in [5.41, 5.74) is 2.13. The third-order valence-corrected chi connectivity index (χ3v) is 6.30. The Balaban J connectivity index is 1.37. The zero-order valence-corrected chi connectivity index (χ0v) is 18.8. The van der Waals surface area contributed by atoms with E-state index >= 15 is 0 Å². The van der Waals surface area contributed by atoms with Crippen LogP contribution in [0.25, 0.3) is 0 Å². The Morgan fingerprint density at radius 1 is 1.11 bits per heavy atom. The van der Waals surface area contributed by atoms with E-state index in [9.17, 15) is 13.6 Å². The molecule has 178 valence electrons. The molecule has 0 saturated heterocycles. The first-order valence-electron chi connectivity index (χ1n) is 11.2. The molecule has 1 aliphatic heterocycles. The zero-order valence-electron chi connectivity index (χ0n) is 18.8. The first-order valence-corrected chi connectivity index (χ1v) is 11.2. The molecular formula is C27H21F2NO5. The first kappa shape index (κ1) is 22.7. The molecule has 0 aromatic heterocycles. The fourth-order valence-corrected chi connectivity index (χ4v) is 4.57. The number of hydrogen-bond acceptors (Lipinski definition) is 6. The van der Waals surface area contributed by atoms with Crippen LogP contribution in [0.5, 0.6) is 23.0 Å². The van der Waals surface area contributed by atoms with Crippen molar-refractivity contribution in [3.8, 4) is 29.1 Å². The van der Waals surface area contributed by atoms with Gasteiger partial charge in [-0.2, -0.15) is 5.26 Å². The highest BCUT2D eigenvalue weighted by Crippen LogP contribution is 2.44. The van der Waals surface area contributed by atoms with E-state index in [1.54, 1.807) is 12.1 Å². The highest BCUT2D eigenvalue weighted by Gasteiger charge is 2.32. The fourth-order valence-electron chi connectivity index (χ4n) is 4.57. The molecule has 2 aliphatic rings. The van der Waals surface area contributed by atoms with Gasteiger partial charge < -0.3 is 18.9 Å². The number of fused-ring (bicyclic) bond motifs is 2. The Hall–Kier alpha value is -4.12. The molecule has 1 unspecified atom stereocenters. The highest BCUT2D eigenvalue weighted by molar-refractivity contribution is 5.71. The molecule has 3 aromatic carbocycles. The summed E-state index contributed by atoms with van der Waals surface area (Å²) in [6, 6.07) is 13.9. The molecule has 5 rings (SSSR count). The summed E-state index contributed by atoms with van der Waals surface area (Å²) in [7, 11) is 1.35. The largest absolute Gasteiger partial charge is 0.492 e. The van der Waals surface area contributed by atoms with Crippen molar-refractivity contribution >= 4 is 5.97 Å². The van der Waals surface area contributed by atoms with Gasteiger partial charge in [0.15, 0.2) is 11.6 Å². The van der Waals surface area contributed by atoms with Gasteiger partial charge in [0.1, 0.15) is 29.2 Å². The SMILES string of the molecule is COC(=O)CC1COc2cc(O[C@@H]3CCc4c(Oc5cc(C#N)ccc5F)ccc(F)c43)ccc21. The predicted molar refractivity (Wildman–Crippen MR) is 121 cm³/mol. The fraction of sp³-hybridized carbons (Fsp3) is 0.259. The van der Waals surface area contributed by atoms with Crippen molar-refractivity contribution in [2.45, 2.75) is 31.3 Å². The van der Waals surface area contributed by atoms with Crippen LogP contribution in [0.4, 0.5) is 8.78 Å². The number of nitrogens with zero attached hydrogens (tertiary/aromatic N) is 1.